The highest BCUT2D eigenvalue weighted by Gasteiger charge is 2.52. The van der Waals surface area contributed by atoms with Crippen LogP contribution in [0, 0.1) is 23.7 Å². The fourth-order valence-electron chi connectivity index (χ4n) is 4.07. The summed E-state index contributed by atoms with van der Waals surface area (Å²) in [6.45, 7) is 1.84. The van der Waals surface area contributed by atoms with Crippen molar-refractivity contribution in [3.8, 4) is 0 Å². The van der Waals surface area contributed by atoms with Gasteiger partial charge in [0.1, 0.15) is 5.82 Å². The fourth-order valence-corrected chi connectivity index (χ4v) is 4.07. The Morgan fingerprint density at radius 3 is 2.71 bits per heavy atom. The second-order valence-corrected chi connectivity index (χ2v) is 6.13. The van der Waals surface area contributed by atoms with Gasteiger partial charge in [0.05, 0.1) is 18.4 Å². The molecule has 1 aromatic rings. The van der Waals surface area contributed by atoms with Crippen LogP contribution in [0.1, 0.15) is 12.2 Å². The molecule has 1 saturated carbocycles. The number of fused-ring (bicyclic) bond motifs is 3. The molecule has 2 bridgehead atoms. The Hall–Kier alpha value is -2.11. The first-order valence-electron chi connectivity index (χ1n) is 7.35. The molecule has 1 fully saturated rings. The van der Waals surface area contributed by atoms with Crippen molar-refractivity contribution in [2.24, 2.45) is 23.7 Å². The zero-order valence-electron chi connectivity index (χ0n) is 11.6. The molecule has 0 aromatic carbocycles. The highest BCUT2D eigenvalue weighted by Crippen LogP contribution is 2.48. The van der Waals surface area contributed by atoms with Crippen molar-refractivity contribution in [1.82, 2.24) is 14.5 Å². The summed E-state index contributed by atoms with van der Waals surface area (Å²) in [5.74, 6) is -0.843. The number of rotatable bonds is 2. The molecule has 4 atom stereocenters. The summed E-state index contributed by atoms with van der Waals surface area (Å²) in [5, 5.41) is 9.46. The summed E-state index contributed by atoms with van der Waals surface area (Å²) in [4.78, 5) is 30.4. The maximum atomic E-state index is 12.8. The summed E-state index contributed by atoms with van der Waals surface area (Å²) in [5.41, 5.74) is 0. The number of hydrogen-bond donors (Lipinski definition) is 1. The fraction of sp³-hybridized carbons (Fsp3) is 0.533. The maximum Gasteiger partial charge on any atom is 0.307 e. The Morgan fingerprint density at radius 2 is 1.95 bits per heavy atom. The predicted octanol–water partition coefficient (Wildman–Crippen LogP) is 0.748. The van der Waals surface area contributed by atoms with Gasteiger partial charge in [-0.2, -0.15) is 0 Å². The lowest BCUT2D eigenvalue weighted by molar-refractivity contribution is -0.151. The summed E-state index contributed by atoms with van der Waals surface area (Å²) in [6, 6.07) is 0. The number of hydrogen-bond acceptors (Lipinski definition) is 3. The molecule has 0 radical (unpaired) electrons. The molecule has 21 heavy (non-hydrogen) atoms. The summed E-state index contributed by atoms with van der Waals surface area (Å²) in [6.07, 6.45) is 8.45. The smallest absolute Gasteiger partial charge is 0.307 e. The minimum atomic E-state index is -0.844. The van der Waals surface area contributed by atoms with Gasteiger partial charge in [-0.1, -0.05) is 12.2 Å². The number of amides is 1. The topological polar surface area (TPSA) is 75.4 Å². The van der Waals surface area contributed by atoms with Gasteiger partial charge in [0.2, 0.25) is 5.91 Å². The second-order valence-electron chi connectivity index (χ2n) is 6.13. The number of nitrogens with zero attached hydrogens (tertiary/aromatic N) is 3. The summed E-state index contributed by atoms with van der Waals surface area (Å²) >= 11 is 0. The van der Waals surface area contributed by atoms with Crippen molar-refractivity contribution < 1.29 is 14.7 Å². The number of aromatic nitrogens is 2. The monoisotopic (exact) mass is 287 g/mol. The van der Waals surface area contributed by atoms with Crippen LogP contribution in [0.5, 0.6) is 0 Å². The molecule has 0 spiro atoms. The van der Waals surface area contributed by atoms with E-state index in [1.807, 2.05) is 22.9 Å². The SMILES string of the molecule is O=C(O)[C@@H]1C2C=CC(C2)[C@@H]1C(=O)N1CCn2ccnc2C1. The highest BCUT2D eigenvalue weighted by atomic mass is 16.4. The molecule has 4 rings (SSSR count). The van der Waals surface area contributed by atoms with Crippen LogP contribution < -0.4 is 0 Å². The average molecular weight is 287 g/mol. The lowest BCUT2D eigenvalue weighted by Gasteiger charge is -2.33. The molecule has 2 unspecified atom stereocenters. The van der Waals surface area contributed by atoms with E-state index in [1.165, 1.54) is 0 Å². The van der Waals surface area contributed by atoms with Crippen LogP contribution in [0.25, 0.3) is 0 Å². The molecule has 6 nitrogen and oxygen atoms in total. The second kappa shape index (κ2) is 4.44. The number of imidazole rings is 1. The van der Waals surface area contributed by atoms with Crippen molar-refractivity contribution >= 4 is 11.9 Å². The third-order valence-corrected chi connectivity index (χ3v) is 5.09. The van der Waals surface area contributed by atoms with Gasteiger partial charge in [-0.05, 0) is 18.3 Å². The van der Waals surface area contributed by atoms with E-state index in [4.69, 9.17) is 0 Å². The van der Waals surface area contributed by atoms with Gasteiger partial charge in [0, 0.05) is 25.5 Å². The van der Waals surface area contributed by atoms with E-state index in [9.17, 15) is 14.7 Å². The number of carboxylic acids is 1. The Balaban J connectivity index is 1.58. The maximum absolute atomic E-state index is 12.8. The average Bonchev–Trinajstić information content (AvgIpc) is 3.19. The van der Waals surface area contributed by atoms with Gasteiger partial charge in [-0.3, -0.25) is 9.59 Å². The molecule has 0 saturated heterocycles. The molecular formula is C15H17N3O3. The minimum absolute atomic E-state index is 0.0199. The van der Waals surface area contributed by atoms with E-state index in [0.29, 0.717) is 13.1 Å². The Morgan fingerprint density at radius 1 is 1.19 bits per heavy atom. The third kappa shape index (κ3) is 1.81. The normalized spacial score (nSPS) is 33.2. The highest BCUT2D eigenvalue weighted by molar-refractivity contribution is 5.87. The van der Waals surface area contributed by atoms with Crippen LogP contribution in [0.2, 0.25) is 0 Å². The predicted molar refractivity (Wildman–Crippen MR) is 73.0 cm³/mol. The van der Waals surface area contributed by atoms with Gasteiger partial charge < -0.3 is 14.6 Å². The van der Waals surface area contributed by atoms with Gasteiger partial charge in [0.15, 0.2) is 0 Å². The Kier molecular flexibility index (Phi) is 2.67. The Labute approximate surface area is 122 Å². The van der Waals surface area contributed by atoms with E-state index in [2.05, 4.69) is 4.98 Å². The molecule has 1 N–H and O–H groups in total. The van der Waals surface area contributed by atoms with Crippen molar-refractivity contribution in [2.75, 3.05) is 6.54 Å². The van der Waals surface area contributed by atoms with E-state index >= 15 is 0 Å². The minimum Gasteiger partial charge on any atom is -0.481 e. The molecule has 3 aliphatic rings. The molecule has 1 aliphatic heterocycles. The van der Waals surface area contributed by atoms with Crippen LogP contribution in [0.4, 0.5) is 0 Å². The molecular weight excluding hydrogens is 270 g/mol. The van der Waals surface area contributed by atoms with Gasteiger partial charge in [-0.15, -0.1) is 0 Å². The van der Waals surface area contributed by atoms with E-state index in [0.717, 1.165) is 18.8 Å². The van der Waals surface area contributed by atoms with Crippen LogP contribution in [0.15, 0.2) is 24.5 Å². The number of carboxylic acid groups (broad SMARTS) is 1. The zero-order valence-corrected chi connectivity index (χ0v) is 11.6. The van der Waals surface area contributed by atoms with E-state index in [-0.39, 0.29) is 17.7 Å². The molecule has 1 aromatic heterocycles. The number of carbonyl (C=O) groups is 2. The lowest BCUT2D eigenvalue weighted by Crippen LogP contribution is -2.45. The van der Waals surface area contributed by atoms with Crippen LogP contribution >= 0.6 is 0 Å². The lowest BCUT2D eigenvalue weighted by atomic mass is 9.82. The largest absolute Gasteiger partial charge is 0.481 e. The molecule has 2 heterocycles. The van der Waals surface area contributed by atoms with Crippen molar-refractivity contribution in [3.05, 3.63) is 30.4 Å². The number of allylic oxidation sites excluding steroid dienone is 2. The first kappa shape index (κ1) is 12.6. The third-order valence-electron chi connectivity index (χ3n) is 5.09. The molecule has 110 valence electrons. The quantitative estimate of drug-likeness (QED) is 0.814. The van der Waals surface area contributed by atoms with Crippen molar-refractivity contribution in [2.45, 2.75) is 19.5 Å². The molecule has 1 amide bonds. The first-order chi connectivity index (χ1) is 10.1. The van der Waals surface area contributed by atoms with E-state index < -0.39 is 17.8 Å². The first-order valence-corrected chi connectivity index (χ1v) is 7.35. The van der Waals surface area contributed by atoms with Gasteiger partial charge in [0.25, 0.3) is 0 Å². The van der Waals surface area contributed by atoms with Gasteiger partial charge >= 0.3 is 5.97 Å². The zero-order chi connectivity index (χ0) is 14.6. The number of carbonyl (C=O) groups excluding carboxylic acids is 1. The van der Waals surface area contributed by atoms with Crippen molar-refractivity contribution in [1.29, 1.82) is 0 Å². The van der Waals surface area contributed by atoms with E-state index in [1.54, 1.807) is 11.1 Å². The Bertz CT molecular complexity index is 636. The molecule has 6 heteroatoms. The molecule has 2 aliphatic carbocycles. The van der Waals surface area contributed by atoms with Crippen LogP contribution in [-0.4, -0.2) is 38.0 Å². The van der Waals surface area contributed by atoms with Crippen molar-refractivity contribution in [3.63, 3.8) is 0 Å². The summed E-state index contributed by atoms with van der Waals surface area (Å²) < 4.78 is 2.04. The standard InChI is InChI=1S/C15H17N3O3/c19-14(18-6-5-17-4-3-16-11(17)8-18)12-9-1-2-10(7-9)13(12)15(20)21/h1-4,9-10,12-13H,5-8H2,(H,20,21)/t9?,10?,12-,13+/m0/s1. The van der Waals surface area contributed by atoms with Crippen LogP contribution in [-0.2, 0) is 22.7 Å². The van der Waals surface area contributed by atoms with Gasteiger partial charge in [-0.25, -0.2) is 4.98 Å². The number of aliphatic carboxylic acids is 1. The summed E-state index contributed by atoms with van der Waals surface area (Å²) in [7, 11) is 0. The van der Waals surface area contributed by atoms with Crippen LogP contribution in [0.3, 0.4) is 0 Å².